The molecule has 132 valence electrons. The Labute approximate surface area is 163 Å². The highest BCUT2D eigenvalue weighted by molar-refractivity contribution is 6.30. The van der Waals surface area contributed by atoms with Crippen LogP contribution in [-0.2, 0) is 12.1 Å². The normalized spacial score (nSPS) is 18.3. The summed E-state index contributed by atoms with van der Waals surface area (Å²) in [4.78, 5) is 15.1. The van der Waals surface area contributed by atoms with Crippen molar-refractivity contribution in [2.45, 2.75) is 19.0 Å². The molecule has 4 rings (SSSR count). The highest BCUT2D eigenvalue weighted by Gasteiger charge is 2.47. The lowest BCUT2D eigenvalue weighted by atomic mass is 9.84. The van der Waals surface area contributed by atoms with Gasteiger partial charge in [-0.2, -0.15) is 5.26 Å². The van der Waals surface area contributed by atoms with E-state index in [9.17, 15) is 4.79 Å². The number of rotatable bonds is 3. The Bertz CT molecular complexity index is 1050. The Morgan fingerprint density at radius 2 is 1.67 bits per heavy atom. The summed E-state index contributed by atoms with van der Waals surface area (Å²) in [5.41, 5.74) is 3.73. The van der Waals surface area contributed by atoms with Crippen molar-refractivity contribution in [3.63, 3.8) is 0 Å². The van der Waals surface area contributed by atoms with Crippen molar-refractivity contribution in [2.24, 2.45) is 0 Å². The van der Waals surface area contributed by atoms with Crippen molar-refractivity contribution < 1.29 is 4.79 Å². The van der Waals surface area contributed by atoms with E-state index in [-0.39, 0.29) is 5.91 Å². The van der Waals surface area contributed by atoms with E-state index in [2.05, 4.69) is 13.0 Å². The van der Waals surface area contributed by atoms with Gasteiger partial charge >= 0.3 is 0 Å². The maximum Gasteiger partial charge on any atom is 0.255 e. The standard InChI is InChI=1S/C23H17ClN2O/c1-23(18-10-12-19(24)13-11-18)21-5-3-2-4-20(21)22(27)26(23)15-17-8-6-16(14-25)7-9-17/h2-13H,15H2,1H3. The minimum Gasteiger partial charge on any atom is -0.321 e. The van der Waals surface area contributed by atoms with E-state index in [0.29, 0.717) is 17.1 Å². The van der Waals surface area contributed by atoms with Crippen LogP contribution in [0.2, 0.25) is 5.02 Å². The monoisotopic (exact) mass is 372 g/mol. The number of nitrogens with zero attached hydrogens (tertiary/aromatic N) is 2. The maximum atomic E-state index is 13.2. The quantitative estimate of drug-likeness (QED) is 0.639. The Hall–Kier alpha value is -3.09. The Balaban J connectivity index is 1.82. The smallest absolute Gasteiger partial charge is 0.255 e. The zero-order valence-corrected chi connectivity index (χ0v) is 15.6. The Morgan fingerprint density at radius 1 is 1.00 bits per heavy atom. The first-order valence-electron chi connectivity index (χ1n) is 8.70. The van der Waals surface area contributed by atoms with Crippen LogP contribution in [0.4, 0.5) is 0 Å². The van der Waals surface area contributed by atoms with Crippen LogP contribution in [-0.4, -0.2) is 10.8 Å². The number of benzene rings is 3. The van der Waals surface area contributed by atoms with Crippen LogP contribution in [0.3, 0.4) is 0 Å². The van der Waals surface area contributed by atoms with E-state index in [1.165, 1.54) is 0 Å². The summed E-state index contributed by atoms with van der Waals surface area (Å²) in [5, 5.41) is 9.67. The molecule has 4 heteroatoms. The molecule has 1 unspecified atom stereocenters. The predicted molar refractivity (Wildman–Crippen MR) is 105 cm³/mol. The molecule has 0 bridgehead atoms. The summed E-state index contributed by atoms with van der Waals surface area (Å²) < 4.78 is 0. The molecule has 1 amide bonds. The van der Waals surface area contributed by atoms with Crippen molar-refractivity contribution >= 4 is 17.5 Å². The highest BCUT2D eigenvalue weighted by atomic mass is 35.5. The average molecular weight is 373 g/mol. The lowest BCUT2D eigenvalue weighted by molar-refractivity contribution is 0.0630. The van der Waals surface area contributed by atoms with E-state index in [1.54, 1.807) is 12.1 Å². The van der Waals surface area contributed by atoms with Crippen LogP contribution in [0.15, 0.2) is 72.8 Å². The fourth-order valence-corrected chi connectivity index (χ4v) is 3.90. The number of hydrogen-bond donors (Lipinski definition) is 0. The molecular formula is C23H17ClN2O. The van der Waals surface area contributed by atoms with Gasteiger partial charge in [0.25, 0.3) is 5.91 Å². The van der Waals surface area contributed by atoms with Gasteiger partial charge in [0.05, 0.1) is 17.2 Å². The van der Waals surface area contributed by atoms with Gasteiger partial charge in [0.15, 0.2) is 0 Å². The zero-order chi connectivity index (χ0) is 19.0. The van der Waals surface area contributed by atoms with Gasteiger partial charge in [-0.25, -0.2) is 0 Å². The van der Waals surface area contributed by atoms with E-state index in [0.717, 1.165) is 22.3 Å². The highest BCUT2D eigenvalue weighted by Crippen LogP contribution is 2.44. The molecule has 0 saturated heterocycles. The lowest BCUT2D eigenvalue weighted by Gasteiger charge is -2.37. The molecule has 3 aromatic rings. The topological polar surface area (TPSA) is 44.1 Å². The van der Waals surface area contributed by atoms with Gasteiger partial charge in [0, 0.05) is 17.1 Å². The maximum absolute atomic E-state index is 13.2. The third-order valence-corrected chi connectivity index (χ3v) is 5.55. The summed E-state index contributed by atoms with van der Waals surface area (Å²) in [6.07, 6.45) is 0. The van der Waals surface area contributed by atoms with Crippen LogP contribution in [0.5, 0.6) is 0 Å². The number of carbonyl (C=O) groups is 1. The second kappa shape index (κ2) is 6.57. The van der Waals surface area contributed by atoms with Crippen LogP contribution in [0.25, 0.3) is 0 Å². The van der Waals surface area contributed by atoms with Crippen molar-refractivity contribution in [1.82, 2.24) is 4.90 Å². The van der Waals surface area contributed by atoms with Crippen LogP contribution < -0.4 is 0 Å². The summed E-state index contributed by atoms with van der Waals surface area (Å²) in [5.74, 6) is 0.00686. The predicted octanol–water partition coefficient (Wildman–Crippen LogP) is 5.13. The van der Waals surface area contributed by atoms with Crippen LogP contribution >= 0.6 is 11.6 Å². The van der Waals surface area contributed by atoms with Gasteiger partial charge in [-0.1, -0.05) is 54.1 Å². The minimum absolute atomic E-state index is 0.00686. The minimum atomic E-state index is -0.591. The van der Waals surface area contributed by atoms with Crippen molar-refractivity contribution in [1.29, 1.82) is 5.26 Å². The number of amides is 1. The zero-order valence-electron chi connectivity index (χ0n) is 14.8. The van der Waals surface area contributed by atoms with E-state index < -0.39 is 5.54 Å². The number of hydrogen-bond acceptors (Lipinski definition) is 2. The molecule has 0 aliphatic carbocycles. The third-order valence-electron chi connectivity index (χ3n) is 5.30. The van der Waals surface area contributed by atoms with Crippen molar-refractivity contribution in [2.75, 3.05) is 0 Å². The molecule has 27 heavy (non-hydrogen) atoms. The lowest BCUT2D eigenvalue weighted by Crippen LogP contribution is -2.41. The summed E-state index contributed by atoms with van der Waals surface area (Å²) in [6, 6.07) is 24.9. The average Bonchev–Trinajstić information content (AvgIpc) is 2.92. The molecule has 3 nitrogen and oxygen atoms in total. The molecule has 0 N–H and O–H groups in total. The fraction of sp³-hybridized carbons (Fsp3) is 0.130. The molecule has 1 atom stereocenters. The Kier molecular flexibility index (Phi) is 4.22. The molecule has 0 aromatic heterocycles. The fourth-order valence-electron chi connectivity index (χ4n) is 3.77. The van der Waals surface area contributed by atoms with Gasteiger partial charge in [0.1, 0.15) is 0 Å². The first-order chi connectivity index (χ1) is 13.0. The number of carbonyl (C=O) groups excluding carboxylic acids is 1. The molecule has 0 fully saturated rings. The second-order valence-corrected chi connectivity index (χ2v) is 7.26. The summed E-state index contributed by atoms with van der Waals surface area (Å²) in [6.45, 7) is 2.53. The van der Waals surface area contributed by atoms with E-state index in [4.69, 9.17) is 16.9 Å². The van der Waals surface area contributed by atoms with Crippen molar-refractivity contribution in [3.05, 3.63) is 106 Å². The second-order valence-electron chi connectivity index (χ2n) is 6.82. The first-order valence-corrected chi connectivity index (χ1v) is 9.08. The SMILES string of the molecule is CC1(c2ccc(Cl)cc2)c2ccccc2C(=O)N1Cc1ccc(C#N)cc1. The van der Waals surface area contributed by atoms with Gasteiger partial charge < -0.3 is 4.90 Å². The summed E-state index contributed by atoms with van der Waals surface area (Å²) >= 11 is 6.08. The molecular weight excluding hydrogens is 356 g/mol. The number of halogens is 1. The third kappa shape index (κ3) is 2.79. The molecule has 3 aromatic carbocycles. The first kappa shape index (κ1) is 17.3. The van der Waals surface area contributed by atoms with Crippen LogP contribution in [0.1, 0.15) is 39.5 Å². The molecule has 0 radical (unpaired) electrons. The van der Waals surface area contributed by atoms with Gasteiger partial charge in [-0.15, -0.1) is 0 Å². The van der Waals surface area contributed by atoms with Gasteiger partial charge in [0.2, 0.25) is 0 Å². The molecule has 0 spiro atoms. The number of nitriles is 1. The molecule has 1 aliphatic heterocycles. The van der Waals surface area contributed by atoms with E-state index in [1.807, 2.05) is 65.6 Å². The van der Waals surface area contributed by atoms with E-state index >= 15 is 0 Å². The van der Waals surface area contributed by atoms with Gasteiger partial charge in [-0.3, -0.25) is 4.79 Å². The Morgan fingerprint density at radius 3 is 2.33 bits per heavy atom. The van der Waals surface area contributed by atoms with Crippen molar-refractivity contribution in [3.8, 4) is 6.07 Å². The number of fused-ring (bicyclic) bond motifs is 1. The summed E-state index contributed by atoms with van der Waals surface area (Å²) in [7, 11) is 0. The largest absolute Gasteiger partial charge is 0.321 e. The molecule has 0 saturated carbocycles. The molecule has 1 aliphatic rings. The molecule has 1 heterocycles. The van der Waals surface area contributed by atoms with Gasteiger partial charge in [-0.05, 0) is 53.9 Å². The van der Waals surface area contributed by atoms with Crippen LogP contribution in [0, 0.1) is 11.3 Å².